The first-order chi connectivity index (χ1) is 9.64. The van der Waals surface area contributed by atoms with Crippen molar-refractivity contribution in [2.75, 3.05) is 31.7 Å². The summed E-state index contributed by atoms with van der Waals surface area (Å²) in [5.74, 6) is 3.53. The van der Waals surface area contributed by atoms with E-state index in [1.807, 2.05) is 11.2 Å². The van der Waals surface area contributed by atoms with Crippen molar-refractivity contribution in [3.63, 3.8) is 0 Å². The summed E-state index contributed by atoms with van der Waals surface area (Å²) in [4.78, 5) is 14.2. The summed E-state index contributed by atoms with van der Waals surface area (Å²) in [5.41, 5.74) is 0.387. The molecule has 0 aromatic carbocycles. The molecule has 0 radical (unpaired) electrons. The monoisotopic (exact) mass is 297 g/mol. The Kier molecular flexibility index (Phi) is 4.32. The second-order valence-electron chi connectivity index (χ2n) is 7.39. The molecule has 1 N–H and O–H groups in total. The molecule has 4 heteroatoms. The molecule has 4 aliphatic carbocycles. The topological polar surface area (TPSA) is 40.5 Å². The van der Waals surface area contributed by atoms with Gasteiger partial charge in [-0.2, -0.15) is 11.8 Å². The van der Waals surface area contributed by atoms with Crippen LogP contribution in [-0.4, -0.2) is 47.6 Å². The van der Waals surface area contributed by atoms with Gasteiger partial charge in [0.15, 0.2) is 0 Å². The van der Waals surface area contributed by atoms with E-state index in [1.165, 1.54) is 38.5 Å². The van der Waals surface area contributed by atoms with E-state index in [0.29, 0.717) is 17.7 Å². The average Bonchev–Trinajstić information content (AvgIpc) is 2.36. The van der Waals surface area contributed by atoms with E-state index < -0.39 is 0 Å². The predicted molar refractivity (Wildman–Crippen MR) is 82.7 cm³/mol. The molecule has 114 valence electrons. The van der Waals surface area contributed by atoms with E-state index >= 15 is 0 Å². The van der Waals surface area contributed by atoms with Crippen molar-refractivity contribution in [2.24, 2.45) is 23.2 Å². The van der Waals surface area contributed by atoms with Gasteiger partial charge in [-0.25, -0.2) is 0 Å². The third-order valence-corrected chi connectivity index (χ3v) is 6.22. The lowest BCUT2D eigenvalue weighted by Crippen LogP contribution is -2.52. The SMILES string of the molecule is CSCC(=O)N(CCO)CC12CC3CC(CC(C3)C1)C2. The minimum Gasteiger partial charge on any atom is -0.395 e. The van der Waals surface area contributed by atoms with E-state index in [9.17, 15) is 9.90 Å². The highest BCUT2D eigenvalue weighted by molar-refractivity contribution is 7.99. The number of aliphatic hydroxyl groups is 1. The molecule has 0 aliphatic heterocycles. The maximum absolute atomic E-state index is 12.3. The van der Waals surface area contributed by atoms with Gasteiger partial charge in [0.05, 0.1) is 12.4 Å². The largest absolute Gasteiger partial charge is 0.395 e. The van der Waals surface area contributed by atoms with Gasteiger partial charge in [0.25, 0.3) is 0 Å². The normalized spacial score (nSPS) is 38.2. The van der Waals surface area contributed by atoms with Crippen LogP contribution >= 0.6 is 11.8 Å². The minimum absolute atomic E-state index is 0.0898. The first-order valence-electron chi connectivity index (χ1n) is 8.02. The molecule has 3 nitrogen and oxygen atoms in total. The number of carbonyl (C=O) groups excluding carboxylic acids is 1. The Morgan fingerprint density at radius 2 is 1.75 bits per heavy atom. The van der Waals surface area contributed by atoms with Crippen LogP contribution in [0.1, 0.15) is 38.5 Å². The molecule has 0 aromatic rings. The Morgan fingerprint density at radius 1 is 1.20 bits per heavy atom. The van der Waals surface area contributed by atoms with Crippen molar-refractivity contribution in [3.05, 3.63) is 0 Å². The summed E-state index contributed by atoms with van der Waals surface area (Å²) >= 11 is 1.58. The zero-order chi connectivity index (χ0) is 14.2. The van der Waals surface area contributed by atoms with Crippen LogP contribution in [0.15, 0.2) is 0 Å². The number of thioether (sulfide) groups is 1. The molecule has 1 amide bonds. The molecule has 0 unspecified atom stereocenters. The predicted octanol–water partition coefficient (Wildman–Crippen LogP) is 2.39. The third kappa shape index (κ3) is 2.87. The lowest BCUT2D eigenvalue weighted by atomic mass is 9.49. The second kappa shape index (κ2) is 5.88. The first-order valence-corrected chi connectivity index (χ1v) is 9.41. The fourth-order valence-electron chi connectivity index (χ4n) is 5.52. The average molecular weight is 297 g/mol. The summed E-state index contributed by atoms with van der Waals surface area (Å²) in [5, 5.41) is 9.27. The maximum Gasteiger partial charge on any atom is 0.232 e. The molecule has 4 fully saturated rings. The van der Waals surface area contributed by atoms with Gasteiger partial charge in [0.1, 0.15) is 0 Å². The fraction of sp³-hybridized carbons (Fsp3) is 0.938. The lowest BCUT2D eigenvalue weighted by Gasteiger charge is -2.57. The van der Waals surface area contributed by atoms with Gasteiger partial charge in [-0.15, -0.1) is 0 Å². The number of hydrogen-bond acceptors (Lipinski definition) is 3. The molecule has 4 aliphatic rings. The third-order valence-electron chi connectivity index (χ3n) is 5.68. The van der Waals surface area contributed by atoms with Gasteiger partial charge in [0, 0.05) is 13.1 Å². The van der Waals surface area contributed by atoms with Gasteiger partial charge >= 0.3 is 0 Å². The number of carbonyl (C=O) groups is 1. The molecule has 0 atom stereocenters. The smallest absolute Gasteiger partial charge is 0.232 e. The van der Waals surface area contributed by atoms with E-state index in [-0.39, 0.29) is 12.5 Å². The Bertz CT molecular complexity index is 336. The first kappa shape index (κ1) is 14.7. The van der Waals surface area contributed by atoms with Crippen LogP contribution in [0.3, 0.4) is 0 Å². The van der Waals surface area contributed by atoms with Gasteiger partial charge in [0.2, 0.25) is 5.91 Å². The number of nitrogens with zero attached hydrogens (tertiary/aromatic N) is 1. The van der Waals surface area contributed by atoms with Crippen molar-refractivity contribution < 1.29 is 9.90 Å². The highest BCUT2D eigenvalue weighted by atomic mass is 32.2. The Morgan fingerprint density at radius 3 is 2.20 bits per heavy atom. The Hall–Kier alpha value is -0.220. The second-order valence-corrected chi connectivity index (χ2v) is 8.26. The van der Waals surface area contributed by atoms with Crippen LogP contribution in [0.4, 0.5) is 0 Å². The van der Waals surface area contributed by atoms with Crippen LogP contribution < -0.4 is 0 Å². The van der Waals surface area contributed by atoms with Gasteiger partial charge < -0.3 is 10.0 Å². The zero-order valence-electron chi connectivity index (χ0n) is 12.5. The summed E-state index contributed by atoms with van der Waals surface area (Å²) in [6.07, 6.45) is 10.3. The Balaban J connectivity index is 1.69. The van der Waals surface area contributed by atoms with E-state index in [4.69, 9.17) is 0 Å². The number of rotatable bonds is 6. The van der Waals surface area contributed by atoms with Crippen molar-refractivity contribution in [2.45, 2.75) is 38.5 Å². The van der Waals surface area contributed by atoms with Crippen molar-refractivity contribution in [1.82, 2.24) is 4.90 Å². The molecule has 0 spiro atoms. The van der Waals surface area contributed by atoms with E-state index in [1.54, 1.807) is 11.8 Å². The van der Waals surface area contributed by atoms with Gasteiger partial charge in [-0.3, -0.25) is 4.79 Å². The van der Waals surface area contributed by atoms with Gasteiger partial charge in [-0.05, 0) is 67.9 Å². The lowest BCUT2D eigenvalue weighted by molar-refractivity contribution is -0.135. The number of hydrogen-bond donors (Lipinski definition) is 1. The number of aliphatic hydroxyl groups excluding tert-OH is 1. The van der Waals surface area contributed by atoms with Crippen molar-refractivity contribution >= 4 is 17.7 Å². The highest BCUT2D eigenvalue weighted by Crippen LogP contribution is 2.60. The van der Waals surface area contributed by atoms with Crippen LogP contribution in [-0.2, 0) is 4.79 Å². The summed E-state index contributed by atoms with van der Waals surface area (Å²) in [6.45, 7) is 1.50. The fourth-order valence-corrected chi connectivity index (χ4v) is 5.95. The van der Waals surface area contributed by atoms with Crippen LogP contribution in [0, 0.1) is 23.2 Å². The maximum atomic E-state index is 12.3. The van der Waals surface area contributed by atoms with Gasteiger partial charge in [-0.1, -0.05) is 0 Å². The molecule has 0 saturated heterocycles. The highest BCUT2D eigenvalue weighted by Gasteiger charge is 2.51. The molecule has 4 saturated carbocycles. The molecule has 0 heterocycles. The standard InChI is InChI=1S/C16H27NO2S/c1-20-10-15(19)17(2-3-18)11-16-7-12-4-13(8-16)6-14(5-12)9-16/h12-14,18H,2-11H2,1H3. The summed E-state index contributed by atoms with van der Waals surface area (Å²) in [7, 11) is 0. The molecule has 4 rings (SSSR count). The molecule has 4 bridgehead atoms. The minimum atomic E-state index is 0.0898. The molecule has 20 heavy (non-hydrogen) atoms. The van der Waals surface area contributed by atoms with Crippen molar-refractivity contribution in [3.8, 4) is 0 Å². The van der Waals surface area contributed by atoms with Crippen LogP contribution in [0.2, 0.25) is 0 Å². The quantitative estimate of drug-likeness (QED) is 0.818. The van der Waals surface area contributed by atoms with Crippen molar-refractivity contribution in [1.29, 1.82) is 0 Å². The van der Waals surface area contributed by atoms with E-state index in [0.717, 1.165) is 24.3 Å². The zero-order valence-corrected chi connectivity index (χ0v) is 13.3. The molecular formula is C16H27NO2S. The van der Waals surface area contributed by atoms with Crippen LogP contribution in [0.5, 0.6) is 0 Å². The molecular weight excluding hydrogens is 270 g/mol. The number of amides is 1. The van der Waals surface area contributed by atoms with Crippen LogP contribution in [0.25, 0.3) is 0 Å². The molecule has 0 aromatic heterocycles. The Labute approximate surface area is 126 Å². The summed E-state index contributed by atoms with van der Waals surface area (Å²) < 4.78 is 0. The van der Waals surface area contributed by atoms with E-state index in [2.05, 4.69) is 0 Å². The summed E-state index contributed by atoms with van der Waals surface area (Å²) in [6, 6.07) is 0.